The van der Waals surface area contributed by atoms with Crippen LogP contribution in [-0.2, 0) is 0 Å². The molecule has 0 fully saturated rings. The number of aromatic amines is 1. The summed E-state index contributed by atoms with van der Waals surface area (Å²) in [6.07, 6.45) is 0.457. The number of anilines is 1. The number of amides is 1. The van der Waals surface area contributed by atoms with E-state index in [9.17, 15) is 15.2 Å². The number of hydrogen-bond acceptors (Lipinski definition) is 7. The van der Waals surface area contributed by atoms with Crippen LogP contribution in [0.2, 0.25) is 5.02 Å². The molecule has 31 heavy (non-hydrogen) atoms. The van der Waals surface area contributed by atoms with Gasteiger partial charge >= 0.3 is 6.09 Å². The molecule has 9 nitrogen and oxygen atoms in total. The van der Waals surface area contributed by atoms with Crippen LogP contribution in [0.25, 0.3) is 21.1 Å². The van der Waals surface area contributed by atoms with Crippen molar-refractivity contribution in [2.75, 3.05) is 5.32 Å². The Kier molecular flexibility index (Phi) is 5.64. The van der Waals surface area contributed by atoms with Gasteiger partial charge in [-0.2, -0.15) is 5.26 Å². The third-order valence-corrected chi connectivity index (χ3v) is 5.92. The van der Waals surface area contributed by atoms with Crippen molar-refractivity contribution in [2.24, 2.45) is 0 Å². The zero-order valence-corrected chi connectivity index (χ0v) is 17.1. The van der Waals surface area contributed by atoms with Crippen LogP contribution in [0, 0.1) is 11.3 Å². The van der Waals surface area contributed by atoms with E-state index in [1.54, 1.807) is 30.3 Å². The van der Waals surface area contributed by atoms with Crippen LogP contribution in [-0.4, -0.2) is 36.5 Å². The predicted octanol–water partition coefficient (Wildman–Crippen LogP) is 4.29. The number of nitriles is 1. The second kappa shape index (κ2) is 8.53. The molecule has 0 aliphatic carbocycles. The van der Waals surface area contributed by atoms with Gasteiger partial charge in [-0.25, -0.2) is 9.78 Å². The van der Waals surface area contributed by atoms with E-state index in [4.69, 9.17) is 16.7 Å². The number of aliphatic hydroxyl groups is 1. The Morgan fingerprint density at radius 2 is 2.03 bits per heavy atom. The Balaban J connectivity index is 1.91. The van der Waals surface area contributed by atoms with Crippen LogP contribution in [0.1, 0.15) is 22.8 Å². The lowest BCUT2D eigenvalue weighted by molar-refractivity contribution is 0.209. The number of benzene rings is 1. The van der Waals surface area contributed by atoms with Crippen molar-refractivity contribution in [3.63, 3.8) is 0 Å². The molecule has 4 rings (SSSR count). The Morgan fingerprint density at radius 3 is 2.68 bits per heavy atom. The Hall–Kier alpha value is -3.78. The van der Waals surface area contributed by atoms with E-state index in [2.05, 4.69) is 31.6 Å². The van der Waals surface area contributed by atoms with Gasteiger partial charge in [0.15, 0.2) is 5.82 Å². The molecule has 4 aromatic rings. The minimum atomic E-state index is -1.25. The SMILES string of the molecule is N#Cc1c(-c2ccnc(NC(=O)O)c2)sc(-c2nnc[nH]2)c1C(O)c1ccc(Cl)cc1. The number of thiophene rings is 1. The van der Waals surface area contributed by atoms with Gasteiger partial charge in [0.1, 0.15) is 24.3 Å². The Morgan fingerprint density at radius 1 is 1.26 bits per heavy atom. The van der Waals surface area contributed by atoms with E-state index < -0.39 is 12.2 Å². The average molecular weight is 453 g/mol. The summed E-state index contributed by atoms with van der Waals surface area (Å²) in [4.78, 5) is 18.9. The maximum atomic E-state index is 11.2. The molecule has 1 unspecified atom stereocenters. The number of carbonyl (C=O) groups is 1. The van der Waals surface area contributed by atoms with Crippen molar-refractivity contribution in [3.05, 3.63) is 70.6 Å². The molecule has 0 bridgehead atoms. The molecule has 0 saturated carbocycles. The van der Waals surface area contributed by atoms with Gasteiger partial charge in [-0.1, -0.05) is 23.7 Å². The number of H-pyrrole nitrogens is 1. The van der Waals surface area contributed by atoms with Gasteiger partial charge in [0.25, 0.3) is 0 Å². The van der Waals surface area contributed by atoms with Gasteiger partial charge < -0.3 is 15.2 Å². The highest BCUT2D eigenvalue weighted by Gasteiger charge is 2.28. The van der Waals surface area contributed by atoms with Crippen LogP contribution in [0.3, 0.4) is 0 Å². The van der Waals surface area contributed by atoms with E-state index in [1.165, 1.54) is 29.9 Å². The first-order valence-corrected chi connectivity index (χ1v) is 10.0. The van der Waals surface area contributed by atoms with Crippen LogP contribution in [0.15, 0.2) is 48.9 Å². The summed E-state index contributed by atoms with van der Waals surface area (Å²) in [5, 5.41) is 40.6. The summed E-state index contributed by atoms with van der Waals surface area (Å²) in [5.74, 6) is 0.511. The van der Waals surface area contributed by atoms with E-state index in [0.29, 0.717) is 37.3 Å². The molecule has 3 aromatic heterocycles. The summed E-state index contributed by atoms with van der Waals surface area (Å²) in [5.41, 5.74) is 1.72. The average Bonchev–Trinajstić information content (AvgIpc) is 3.41. The second-order valence-corrected chi connectivity index (χ2v) is 7.77. The Labute approximate surface area is 184 Å². The Bertz CT molecular complexity index is 1280. The molecular formula is C20H13ClN6O3S. The number of hydrogen-bond donors (Lipinski definition) is 4. The number of rotatable bonds is 5. The maximum absolute atomic E-state index is 11.2. The minimum absolute atomic E-state index is 0.114. The van der Waals surface area contributed by atoms with E-state index in [0.717, 1.165) is 0 Å². The minimum Gasteiger partial charge on any atom is -0.465 e. The molecule has 4 N–H and O–H groups in total. The lowest BCUT2D eigenvalue weighted by Crippen LogP contribution is -2.08. The van der Waals surface area contributed by atoms with Crippen LogP contribution in [0.5, 0.6) is 0 Å². The quantitative estimate of drug-likeness (QED) is 0.353. The lowest BCUT2D eigenvalue weighted by Gasteiger charge is -2.12. The largest absolute Gasteiger partial charge is 0.465 e. The molecule has 3 heterocycles. The molecule has 0 spiro atoms. The zero-order chi connectivity index (χ0) is 22.0. The molecule has 1 aromatic carbocycles. The molecule has 1 atom stereocenters. The fraction of sp³-hybridized carbons (Fsp3) is 0.0500. The molecule has 154 valence electrons. The molecule has 0 radical (unpaired) electrons. The van der Waals surface area contributed by atoms with Crippen molar-refractivity contribution >= 4 is 34.8 Å². The second-order valence-electron chi connectivity index (χ2n) is 6.31. The van der Waals surface area contributed by atoms with Gasteiger partial charge in [-0.05, 0) is 35.4 Å². The monoisotopic (exact) mass is 452 g/mol. The molecule has 0 aliphatic rings. The van der Waals surface area contributed by atoms with Gasteiger partial charge in [-0.3, -0.25) is 5.32 Å². The molecule has 11 heteroatoms. The first kappa shape index (κ1) is 20.5. The third kappa shape index (κ3) is 4.10. The van der Waals surface area contributed by atoms with E-state index in [-0.39, 0.29) is 11.4 Å². The normalized spacial score (nSPS) is 11.6. The summed E-state index contributed by atoms with van der Waals surface area (Å²) in [6, 6.07) is 12.0. The van der Waals surface area contributed by atoms with Gasteiger partial charge in [-0.15, -0.1) is 21.5 Å². The summed E-state index contributed by atoms with van der Waals surface area (Å²) in [7, 11) is 0. The van der Waals surface area contributed by atoms with Gasteiger partial charge in [0, 0.05) is 16.8 Å². The number of nitrogens with zero attached hydrogens (tertiary/aromatic N) is 4. The molecule has 0 saturated heterocycles. The smallest absolute Gasteiger partial charge is 0.410 e. The fourth-order valence-electron chi connectivity index (χ4n) is 3.07. The first-order chi connectivity index (χ1) is 15.0. The van der Waals surface area contributed by atoms with Gasteiger partial charge in [0.2, 0.25) is 0 Å². The predicted molar refractivity (Wildman–Crippen MR) is 115 cm³/mol. The van der Waals surface area contributed by atoms with Gasteiger partial charge in [0.05, 0.1) is 15.3 Å². The van der Waals surface area contributed by atoms with Crippen molar-refractivity contribution in [2.45, 2.75) is 6.10 Å². The number of aromatic nitrogens is 4. The number of nitrogens with one attached hydrogen (secondary N) is 2. The van der Waals surface area contributed by atoms with E-state index >= 15 is 0 Å². The number of aliphatic hydroxyl groups excluding tert-OH is 1. The van der Waals surface area contributed by atoms with Crippen molar-refractivity contribution in [1.29, 1.82) is 5.26 Å². The number of carboxylic acid groups (broad SMARTS) is 1. The third-order valence-electron chi connectivity index (χ3n) is 4.41. The summed E-state index contributed by atoms with van der Waals surface area (Å²) < 4.78 is 0. The van der Waals surface area contributed by atoms with E-state index in [1.807, 2.05) is 0 Å². The summed E-state index contributed by atoms with van der Waals surface area (Å²) >= 11 is 7.19. The first-order valence-electron chi connectivity index (χ1n) is 8.81. The molecular weight excluding hydrogens is 440 g/mol. The van der Waals surface area contributed by atoms with Crippen molar-refractivity contribution < 1.29 is 15.0 Å². The highest BCUT2D eigenvalue weighted by atomic mass is 35.5. The van der Waals surface area contributed by atoms with Crippen molar-refractivity contribution in [3.8, 4) is 27.2 Å². The number of halogens is 1. The number of pyridine rings is 1. The topological polar surface area (TPSA) is 148 Å². The highest BCUT2D eigenvalue weighted by Crippen LogP contribution is 2.45. The maximum Gasteiger partial charge on any atom is 0.410 e. The fourth-order valence-corrected chi connectivity index (χ4v) is 4.43. The molecule has 0 aliphatic heterocycles. The van der Waals surface area contributed by atoms with Crippen molar-refractivity contribution in [1.82, 2.24) is 20.2 Å². The highest BCUT2D eigenvalue weighted by molar-refractivity contribution is 7.19. The lowest BCUT2D eigenvalue weighted by atomic mass is 9.96. The molecule has 1 amide bonds. The van der Waals surface area contributed by atoms with Crippen LogP contribution >= 0.6 is 22.9 Å². The summed E-state index contributed by atoms with van der Waals surface area (Å²) in [6.45, 7) is 0. The standard InChI is InChI=1S/C20H13ClN6O3S/c21-12-3-1-10(2-4-12)16(28)15-13(8-22)17(31-18(15)19-24-9-25-27-19)11-5-6-23-14(7-11)26-20(29)30/h1-7,9,16,28H,(H,23,26)(H,29,30)(H,24,25,27). The zero-order valence-electron chi connectivity index (χ0n) is 15.6. The van der Waals surface area contributed by atoms with Crippen LogP contribution in [0.4, 0.5) is 10.6 Å². The van der Waals surface area contributed by atoms with Crippen LogP contribution < -0.4 is 5.32 Å².